The molecule has 0 spiro atoms. The molecule has 8 heavy (non-hydrogen) atoms. The molecule has 0 aromatic carbocycles. The van der Waals surface area contributed by atoms with Crippen LogP contribution in [0.1, 0.15) is 0 Å². The minimum atomic E-state index is 0.644. The van der Waals surface area contributed by atoms with Crippen LogP contribution in [0.3, 0.4) is 0 Å². The Bertz CT molecular complexity index is 154. The maximum absolute atomic E-state index is 8.32. The van der Waals surface area contributed by atoms with Gasteiger partial charge in [0.2, 0.25) is 0 Å². The van der Waals surface area contributed by atoms with Crippen LogP contribution in [0.2, 0.25) is 0 Å². The molecule has 0 fully saturated rings. The van der Waals surface area contributed by atoms with Crippen LogP contribution in [0.25, 0.3) is 0 Å². The maximum atomic E-state index is 8.32. The van der Waals surface area contributed by atoms with Crippen LogP contribution in [0.4, 0.5) is 0 Å². The molecule has 0 unspecified atom stereocenters. The molecule has 0 aromatic heterocycles. The highest BCUT2D eigenvalue weighted by molar-refractivity contribution is 5.21. The van der Waals surface area contributed by atoms with Crippen LogP contribution in [0, 0.1) is 11.3 Å². The first-order chi connectivity index (χ1) is 3.84. The Morgan fingerprint density at radius 3 is 3.00 bits per heavy atom. The van der Waals surface area contributed by atoms with Crippen molar-refractivity contribution in [2.24, 2.45) is 0 Å². The fourth-order valence-electron chi connectivity index (χ4n) is 0.576. The lowest BCUT2D eigenvalue weighted by Gasteiger charge is -2.05. The van der Waals surface area contributed by atoms with E-state index in [-0.39, 0.29) is 0 Å². The average molecular weight is 108 g/mol. The molecule has 3 heteroatoms. The van der Waals surface area contributed by atoms with E-state index in [1.165, 1.54) is 0 Å². The molecule has 1 aliphatic rings. The molecular weight excluding hydrogens is 102 g/mol. The Morgan fingerprint density at radius 2 is 2.75 bits per heavy atom. The summed E-state index contributed by atoms with van der Waals surface area (Å²) in [5, 5.41) is 9.90. The van der Waals surface area contributed by atoms with Gasteiger partial charge in [-0.1, -0.05) is 0 Å². The second-order valence-electron chi connectivity index (χ2n) is 1.55. The van der Waals surface area contributed by atoms with Crippen LogP contribution >= 0.6 is 0 Å². The van der Waals surface area contributed by atoms with Crippen molar-refractivity contribution in [3.8, 4) is 6.07 Å². The van der Waals surface area contributed by atoms with Crippen molar-refractivity contribution in [2.45, 2.75) is 0 Å². The van der Waals surface area contributed by atoms with Gasteiger partial charge in [0.1, 0.15) is 11.8 Å². The maximum Gasteiger partial charge on any atom is 0.128 e. The molecule has 1 aliphatic heterocycles. The molecule has 0 atom stereocenters. The zero-order chi connectivity index (χ0) is 5.98. The van der Waals surface area contributed by atoms with E-state index in [9.17, 15) is 0 Å². The summed E-state index contributed by atoms with van der Waals surface area (Å²) in [5.74, 6) is 0. The summed E-state index contributed by atoms with van der Waals surface area (Å²) in [6.07, 6.45) is 1.79. The van der Waals surface area contributed by atoms with Gasteiger partial charge in [-0.15, -0.1) is 5.43 Å². The molecular formula is C5H6N3. The molecule has 0 saturated carbocycles. The molecule has 0 N–H and O–H groups in total. The molecule has 1 rings (SSSR count). The summed E-state index contributed by atoms with van der Waals surface area (Å²) in [6.45, 7) is 0.652. The van der Waals surface area contributed by atoms with Crippen LogP contribution in [-0.4, -0.2) is 18.6 Å². The summed E-state index contributed by atoms with van der Waals surface area (Å²) in [4.78, 5) is 0. The number of hydrogen-bond acceptors (Lipinski definition) is 2. The van der Waals surface area contributed by atoms with Gasteiger partial charge < -0.3 is 0 Å². The number of hydrogen-bond donors (Lipinski definition) is 0. The molecule has 0 saturated heterocycles. The first-order valence-corrected chi connectivity index (χ1v) is 2.36. The van der Waals surface area contributed by atoms with Crippen molar-refractivity contribution in [1.82, 2.24) is 10.4 Å². The molecule has 0 aromatic rings. The van der Waals surface area contributed by atoms with Gasteiger partial charge in [-0.05, 0) is 6.08 Å². The molecule has 0 amide bonds. The topological polar surface area (TPSA) is 41.1 Å². The van der Waals surface area contributed by atoms with Crippen molar-refractivity contribution in [3.63, 3.8) is 0 Å². The number of allylic oxidation sites excluding steroid dienone is 1. The van der Waals surface area contributed by atoms with Crippen molar-refractivity contribution in [1.29, 1.82) is 5.26 Å². The van der Waals surface area contributed by atoms with Crippen LogP contribution in [0.15, 0.2) is 11.8 Å². The van der Waals surface area contributed by atoms with Gasteiger partial charge in [0.05, 0.1) is 6.54 Å². The molecule has 0 bridgehead atoms. The lowest BCUT2D eigenvalue weighted by Crippen LogP contribution is -2.19. The summed E-state index contributed by atoms with van der Waals surface area (Å²) in [5.41, 5.74) is 4.55. The molecule has 1 heterocycles. The SMILES string of the molecule is CN1[N]CC=C1C#N. The third-order valence-corrected chi connectivity index (χ3v) is 1.04. The normalized spacial score (nSPS) is 18.0. The van der Waals surface area contributed by atoms with E-state index in [0.717, 1.165) is 0 Å². The zero-order valence-electron chi connectivity index (χ0n) is 4.63. The Labute approximate surface area is 48.2 Å². The van der Waals surface area contributed by atoms with E-state index in [1.54, 1.807) is 18.1 Å². The smallest absolute Gasteiger partial charge is 0.128 e. The second-order valence-corrected chi connectivity index (χ2v) is 1.55. The van der Waals surface area contributed by atoms with E-state index in [4.69, 9.17) is 5.26 Å². The summed E-state index contributed by atoms with van der Waals surface area (Å²) >= 11 is 0. The highest BCUT2D eigenvalue weighted by Gasteiger charge is 2.08. The largest absolute Gasteiger partial charge is 0.284 e. The third kappa shape index (κ3) is 0.658. The van der Waals surface area contributed by atoms with Crippen LogP contribution in [-0.2, 0) is 0 Å². The van der Waals surface area contributed by atoms with Gasteiger partial charge in [0.15, 0.2) is 0 Å². The zero-order valence-corrected chi connectivity index (χ0v) is 4.63. The van der Waals surface area contributed by atoms with E-state index in [0.29, 0.717) is 12.2 Å². The fraction of sp³-hybridized carbons (Fsp3) is 0.400. The quantitative estimate of drug-likeness (QED) is 0.433. The Morgan fingerprint density at radius 1 is 2.00 bits per heavy atom. The monoisotopic (exact) mass is 108 g/mol. The summed E-state index contributed by atoms with van der Waals surface area (Å²) < 4.78 is 0. The summed E-state index contributed by atoms with van der Waals surface area (Å²) in [6, 6.07) is 2.01. The number of nitrogens with zero attached hydrogens (tertiary/aromatic N) is 3. The standard InChI is InChI=1S/C5H6N3/c1-8-5(4-6)2-3-7-8/h2H,3H2,1H3. The van der Waals surface area contributed by atoms with Gasteiger partial charge >= 0.3 is 0 Å². The van der Waals surface area contributed by atoms with Gasteiger partial charge in [-0.3, -0.25) is 5.01 Å². The second kappa shape index (κ2) is 1.85. The average Bonchev–Trinajstić information content (AvgIpc) is 2.14. The van der Waals surface area contributed by atoms with Crippen molar-refractivity contribution >= 4 is 0 Å². The number of rotatable bonds is 0. The van der Waals surface area contributed by atoms with E-state index < -0.39 is 0 Å². The lowest BCUT2D eigenvalue weighted by molar-refractivity contribution is 0.346. The van der Waals surface area contributed by atoms with Gasteiger partial charge in [0, 0.05) is 7.05 Å². The van der Waals surface area contributed by atoms with Gasteiger partial charge in [-0.2, -0.15) is 5.26 Å². The first-order valence-electron chi connectivity index (χ1n) is 2.36. The predicted molar refractivity (Wildman–Crippen MR) is 28.5 cm³/mol. The minimum absolute atomic E-state index is 0.644. The highest BCUT2D eigenvalue weighted by atomic mass is 15.5. The highest BCUT2D eigenvalue weighted by Crippen LogP contribution is 2.01. The van der Waals surface area contributed by atoms with Gasteiger partial charge in [-0.25, -0.2) is 0 Å². The summed E-state index contributed by atoms with van der Waals surface area (Å²) in [7, 11) is 1.77. The fourth-order valence-corrected chi connectivity index (χ4v) is 0.576. The van der Waals surface area contributed by atoms with Crippen molar-refractivity contribution in [2.75, 3.05) is 13.6 Å². The van der Waals surface area contributed by atoms with Gasteiger partial charge in [0.25, 0.3) is 0 Å². The lowest BCUT2D eigenvalue weighted by atomic mass is 10.4. The third-order valence-electron chi connectivity index (χ3n) is 1.04. The van der Waals surface area contributed by atoms with Crippen LogP contribution < -0.4 is 5.43 Å². The van der Waals surface area contributed by atoms with E-state index in [1.807, 2.05) is 6.07 Å². The molecule has 41 valence electrons. The predicted octanol–water partition coefficient (Wildman–Crippen LogP) is -0.141. The number of nitriles is 1. The Kier molecular flexibility index (Phi) is 1.18. The Balaban J connectivity index is 2.66. The molecule has 1 radical (unpaired) electrons. The molecule has 0 aliphatic carbocycles. The van der Waals surface area contributed by atoms with Crippen molar-refractivity contribution < 1.29 is 0 Å². The van der Waals surface area contributed by atoms with Crippen LogP contribution in [0.5, 0.6) is 0 Å². The minimum Gasteiger partial charge on any atom is -0.284 e. The van der Waals surface area contributed by atoms with Crippen molar-refractivity contribution in [3.05, 3.63) is 11.8 Å². The van der Waals surface area contributed by atoms with E-state index >= 15 is 0 Å². The first kappa shape index (κ1) is 5.13. The Hall–Kier alpha value is -1.01. The molecule has 3 nitrogen and oxygen atoms in total. The van der Waals surface area contributed by atoms with E-state index in [2.05, 4.69) is 5.43 Å².